The molecular weight excluding hydrogens is 625 g/mol. The smallest absolute Gasteiger partial charge is 0.229 e. The molecule has 0 fully saturated rings. The highest BCUT2D eigenvalue weighted by molar-refractivity contribution is 9.10. The molecule has 222 valence electrons. The first-order chi connectivity index (χ1) is 20.8. The molecule has 1 aliphatic rings. The van der Waals surface area contributed by atoms with E-state index in [1.165, 1.54) is 5.57 Å². The largest absolute Gasteiger partial charge is 0.495 e. The highest BCUT2D eigenvalue weighted by Crippen LogP contribution is 2.39. The summed E-state index contributed by atoms with van der Waals surface area (Å²) in [6.07, 6.45) is 11.7. The van der Waals surface area contributed by atoms with Gasteiger partial charge in [0.25, 0.3) is 0 Å². The number of nitrogens with one attached hydrogen (secondary N) is 2. The van der Waals surface area contributed by atoms with E-state index >= 15 is 0 Å². The van der Waals surface area contributed by atoms with E-state index in [2.05, 4.69) is 77.9 Å². The van der Waals surface area contributed by atoms with Crippen LogP contribution in [0.3, 0.4) is 0 Å². The molecule has 0 radical (unpaired) electrons. The topological polar surface area (TPSA) is 126 Å². The minimum absolute atomic E-state index is 0.404. The number of hydrogen-bond donors (Lipinski definition) is 3. The Balaban J connectivity index is 1.54. The van der Waals surface area contributed by atoms with Crippen LogP contribution in [0.2, 0.25) is 0 Å². The van der Waals surface area contributed by atoms with Crippen molar-refractivity contribution in [2.45, 2.75) is 6.42 Å². The maximum atomic E-state index is 6.08. The Morgan fingerprint density at radius 3 is 2.65 bits per heavy atom. The molecule has 5 rings (SSSR count). The van der Waals surface area contributed by atoms with Crippen molar-refractivity contribution < 1.29 is 4.74 Å². The fraction of sp³-hybridized carbons (Fsp3) is 0.258. The van der Waals surface area contributed by atoms with Crippen molar-refractivity contribution in [1.82, 2.24) is 24.8 Å². The molecule has 0 unspecified atom stereocenters. The third-order valence-electron chi connectivity index (χ3n) is 7.16. The third-order valence-corrected chi connectivity index (χ3v) is 9.09. The summed E-state index contributed by atoms with van der Waals surface area (Å²) in [5.41, 5.74) is 13.5. The Bertz CT molecular complexity index is 1740. The lowest BCUT2D eigenvalue weighted by Crippen LogP contribution is -2.24. The van der Waals surface area contributed by atoms with Gasteiger partial charge in [-0.25, -0.2) is 4.98 Å². The summed E-state index contributed by atoms with van der Waals surface area (Å²) < 4.78 is 6.58. The number of aliphatic imine (C=N–C) groups is 1. The molecule has 2 aromatic carbocycles. The number of fused-ring (bicyclic) bond motifs is 1. The van der Waals surface area contributed by atoms with Gasteiger partial charge in [0.05, 0.1) is 28.3 Å². The second-order valence-corrected chi connectivity index (χ2v) is 13.4. The van der Waals surface area contributed by atoms with Crippen molar-refractivity contribution in [2.24, 2.45) is 10.7 Å². The minimum Gasteiger partial charge on any atom is -0.495 e. The van der Waals surface area contributed by atoms with Gasteiger partial charge in [-0.05, 0) is 83.7 Å². The molecule has 4 N–H and O–H groups in total. The van der Waals surface area contributed by atoms with Crippen molar-refractivity contribution in [3.63, 3.8) is 0 Å². The van der Waals surface area contributed by atoms with Crippen LogP contribution in [0.1, 0.15) is 17.5 Å². The second kappa shape index (κ2) is 13.6. The van der Waals surface area contributed by atoms with E-state index in [0.29, 0.717) is 23.2 Å². The van der Waals surface area contributed by atoms with Crippen LogP contribution in [-0.2, 0) is 0 Å². The summed E-state index contributed by atoms with van der Waals surface area (Å²) in [5.74, 6) is 1.69. The molecule has 1 aliphatic heterocycles. The normalized spacial score (nSPS) is 14.4. The average molecular weight is 661 g/mol. The van der Waals surface area contributed by atoms with Gasteiger partial charge < -0.3 is 26.0 Å². The van der Waals surface area contributed by atoms with Crippen LogP contribution in [0.5, 0.6) is 5.75 Å². The first-order valence-corrected chi connectivity index (χ1v) is 16.8. The van der Waals surface area contributed by atoms with Gasteiger partial charge in [-0.3, -0.25) is 15.0 Å². The fourth-order valence-electron chi connectivity index (χ4n) is 5.05. The van der Waals surface area contributed by atoms with Gasteiger partial charge in [-0.15, -0.1) is 0 Å². The van der Waals surface area contributed by atoms with Crippen LogP contribution < -0.4 is 26.4 Å². The van der Waals surface area contributed by atoms with Gasteiger partial charge in [0.2, 0.25) is 5.95 Å². The number of methoxy groups -OCH3 is 1. The fourth-order valence-corrected chi connectivity index (χ4v) is 6.54. The van der Waals surface area contributed by atoms with Crippen LogP contribution in [0, 0.1) is 0 Å². The van der Waals surface area contributed by atoms with Gasteiger partial charge >= 0.3 is 0 Å². The van der Waals surface area contributed by atoms with E-state index in [0.717, 1.165) is 62.7 Å². The molecule has 0 aliphatic carbocycles. The monoisotopic (exact) mass is 659 g/mol. The molecule has 4 aromatic rings. The molecule has 10 nitrogen and oxygen atoms in total. The SMILES string of the molecule is CN=CC(=CN)c1cc(Nc2ncc(Br)c(Nc3ccc4nccnc4c3P(C)C)n2)c(OC)cc1C1=CCN(C)CC1. The van der Waals surface area contributed by atoms with E-state index < -0.39 is 7.92 Å². The van der Waals surface area contributed by atoms with E-state index in [9.17, 15) is 0 Å². The van der Waals surface area contributed by atoms with Crippen molar-refractivity contribution in [2.75, 3.05) is 58.3 Å². The number of nitrogens with two attached hydrogens (primary N) is 1. The number of ether oxygens (including phenoxy) is 1. The number of aromatic nitrogens is 4. The number of nitrogens with zero attached hydrogens (tertiary/aromatic N) is 6. The number of likely N-dealkylation sites (N-methyl/N-ethyl adjacent to an activating group) is 1. The molecule has 0 atom stereocenters. The molecule has 2 aromatic heterocycles. The van der Waals surface area contributed by atoms with Crippen molar-refractivity contribution >= 4 is 80.7 Å². The standard InChI is InChI=1S/C31H35BrN9OP/c1-34-17-20(16-33)21-14-26(27(42-3)15-22(21)19-8-12-41(2)13-9-19)39-31-37-18-23(32)30(40-31)38-25-7-6-24-28(29(25)43(4)5)36-11-10-35-24/h6-8,10-11,14-18H,9,12-13,33H2,1-5H3,(H2,37,38,39,40). The maximum Gasteiger partial charge on any atom is 0.229 e. The highest BCUT2D eigenvalue weighted by atomic mass is 79.9. The molecular formula is C31H35BrN9OP. The Hall–Kier alpha value is -3.92. The summed E-state index contributed by atoms with van der Waals surface area (Å²) in [5, 5.41) is 8.01. The lowest BCUT2D eigenvalue weighted by Gasteiger charge is -2.25. The summed E-state index contributed by atoms with van der Waals surface area (Å²) in [7, 11) is 5.03. The van der Waals surface area contributed by atoms with Gasteiger partial charge in [0.1, 0.15) is 11.6 Å². The summed E-state index contributed by atoms with van der Waals surface area (Å²) in [6.45, 7) is 6.26. The van der Waals surface area contributed by atoms with E-state index in [1.807, 2.05) is 24.3 Å². The van der Waals surface area contributed by atoms with Crippen LogP contribution >= 0.6 is 23.9 Å². The first-order valence-electron chi connectivity index (χ1n) is 13.7. The van der Waals surface area contributed by atoms with Crippen LogP contribution in [0.4, 0.5) is 23.1 Å². The molecule has 0 spiro atoms. The average Bonchev–Trinajstić information content (AvgIpc) is 3.01. The second-order valence-electron chi connectivity index (χ2n) is 10.3. The molecule has 12 heteroatoms. The van der Waals surface area contributed by atoms with Crippen molar-refractivity contribution in [1.29, 1.82) is 0 Å². The van der Waals surface area contributed by atoms with Gasteiger partial charge in [0, 0.05) is 67.7 Å². The molecule has 0 saturated heterocycles. The van der Waals surface area contributed by atoms with E-state index in [-0.39, 0.29) is 0 Å². The summed E-state index contributed by atoms with van der Waals surface area (Å²) in [4.78, 5) is 25.0. The highest BCUT2D eigenvalue weighted by Gasteiger charge is 2.20. The minimum atomic E-state index is -0.492. The van der Waals surface area contributed by atoms with Crippen LogP contribution in [-0.4, -0.2) is 78.7 Å². The Morgan fingerprint density at radius 2 is 1.95 bits per heavy atom. The number of halogens is 1. The van der Waals surface area contributed by atoms with Gasteiger partial charge in [0.15, 0.2) is 0 Å². The molecule has 3 heterocycles. The lowest BCUT2D eigenvalue weighted by molar-refractivity contribution is 0.370. The number of allylic oxidation sites excluding steroid dienone is 1. The quantitative estimate of drug-likeness (QED) is 0.152. The number of rotatable bonds is 9. The number of anilines is 4. The summed E-state index contributed by atoms with van der Waals surface area (Å²) in [6, 6.07) is 8.07. The summed E-state index contributed by atoms with van der Waals surface area (Å²) >= 11 is 3.62. The molecule has 43 heavy (non-hydrogen) atoms. The third kappa shape index (κ3) is 6.69. The van der Waals surface area contributed by atoms with E-state index in [4.69, 9.17) is 15.5 Å². The van der Waals surface area contributed by atoms with Crippen molar-refractivity contribution in [3.05, 3.63) is 70.7 Å². The maximum absolute atomic E-state index is 6.08. The Labute approximate surface area is 261 Å². The molecule has 0 saturated carbocycles. The Kier molecular flexibility index (Phi) is 9.65. The van der Waals surface area contributed by atoms with Gasteiger partial charge in [-0.1, -0.05) is 14.0 Å². The van der Waals surface area contributed by atoms with Crippen molar-refractivity contribution in [3.8, 4) is 5.75 Å². The zero-order valence-electron chi connectivity index (χ0n) is 24.9. The molecule has 0 bridgehead atoms. The number of hydrogen-bond acceptors (Lipinski definition) is 10. The predicted molar refractivity (Wildman–Crippen MR) is 184 cm³/mol. The molecule has 0 amide bonds. The zero-order chi connectivity index (χ0) is 30.5. The van der Waals surface area contributed by atoms with Gasteiger partial charge in [-0.2, -0.15) is 4.98 Å². The predicted octanol–water partition coefficient (Wildman–Crippen LogP) is 5.76. The Morgan fingerprint density at radius 1 is 1.14 bits per heavy atom. The van der Waals surface area contributed by atoms with Crippen LogP contribution in [0.25, 0.3) is 22.2 Å². The first kappa shape index (κ1) is 30.5. The zero-order valence-corrected chi connectivity index (χ0v) is 27.4. The van der Waals surface area contributed by atoms with E-state index in [1.54, 1.807) is 45.2 Å². The van der Waals surface area contributed by atoms with Crippen LogP contribution in [0.15, 0.2) is 64.6 Å². The number of benzene rings is 2. The lowest BCUT2D eigenvalue weighted by atomic mass is 9.91.